The molecule has 0 unspecified atom stereocenters. The third-order valence-electron chi connectivity index (χ3n) is 1.75. The molecular formula is C10H10BrFN2. The van der Waals surface area contributed by atoms with E-state index in [2.05, 4.69) is 27.3 Å². The number of halogens is 2. The Bertz CT molecular complexity index is 346. The number of hydrogen-bond acceptors (Lipinski definition) is 2. The van der Waals surface area contributed by atoms with E-state index in [9.17, 15) is 4.39 Å². The molecule has 0 saturated carbocycles. The molecule has 0 atom stereocenters. The summed E-state index contributed by atoms with van der Waals surface area (Å²) in [6.45, 7) is 0.199. The summed E-state index contributed by atoms with van der Waals surface area (Å²) in [7, 11) is 0. The van der Waals surface area contributed by atoms with Crippen LogP contribution in [0.15, 0.2) is 22.7 Å². The fraction of sp³-hybridized carbons (Fsp3) is 0.300. The van der Waals surface area contributed by atoms with Gasteiger partial charge in [-0.2, -0.15) is 5.26 Å². The van der Waals surface area contributed by atoms with Gasteiger partial charge >= 0.3 is 0 Å². The zero-order valence-corrected chi connectivity index (χ0v) is 9.14. The highest BCUT2D eigenvalue weighted by atomic mass is 79.9. The lowest BCUT2D eigenvalue weighted by atomic mass is 10.2. The Morgan fingerprint density at radius 1 is 1.50 bits per heavy atom. The molecular weight excluding hydrogens is 247 g/mol. The SMILES string of the molecule is N#Cc1c(Br)cccc1NCCCF. The first kappa shape index (κ1) is 11.0. The largest absolute Gasteiger partial charge is 0.384 e. The van der Waals surface area contributed by atoms with Crippen LogP contribution in [0.25, 0.3) is 0 Å². The van der Waals surface area contributed by atoms with Gasteiger partial charge in [-0.3, -0.25) is 4.39 Å². The van der Waals surface area contributed by atoms with E-state index >= 15 is 0 Å². The smallest absolute Gasteiger partial charge is 0.103 e. The number of anilines is 1. The first-order valence-electron chi connectivity index (χ1n) is 4.28. The highest BCUT2D eigenvalue weighted by Gasteiger charge is 2.04. The summed E-state index contributed by atoms with van der Waals surface area (Å²) >= 11 is 3.28. The molecule has 0 aliphatic carbocycles. The Kier molecular flexibility index (Phi) is 4.41. The van der Waals surface area contributed by atoms with Gasteiger partial charge in [-0.05, 0) is 34.5 Å². The predicted octanol–water partition coefficient (Wildman–Crippen LogP) is 3.09. The van der Waals surface area contributed by atoms with E-state index in [1.165, 1.54) is 0 Å². The Morgan fingerprint density at radius 3 is 2.93 bits per heavy atom. The first-order valence-corrected chi connectivity index (χ1v) is 5.07. The molecule has 0 aromatic heterocycles. The number of rotatable bonds is 4. The molecule has 0 radical (unpaired) electrons. The number of nitrogens with zero attached hydrogens (tertiary/aromatic N) is 1. The highest BCUT2D eigenvalue weighted by Crippen LogP contribution is 2.23. The lowest BCUT2D eigenvalue weighted by Crippen LogP contribution is -2.03. The maximum absolute atomic E-state index is 11.8. The zero-order chi connectivity index (χ0) is 10.4. The third-order valence-corrected chi connectivity index (χ3v) is 2.41. The van der Waals surface area contributed by atoms with Crippen molar-refractivity contribution in [3.63, 3.8) is 0 Å². The van der Waals surface area contributed by atoms with Crippen LogP contribution in [0.1, 0.15) is 12.0 Å². The van der Waals surface area contributed by atoms with Crippen molar-refractivity contribution in [2.24, 2.45) is 0 Å². The minimum absolute atomic E-state index is 0.344. The van der Waals surface area contributed by atoms with Crippen molar-refractivity contribution < 1.29 is 4.39 Å². The van der Waals surface area contributed by atoms with E-state index in [1.54, 1.807) is 6.07 Å². The second-order valence-electron chi connectivity index (χ2n) is 2.74. The van der Waals surface area contributed by atoms with Crippen molar-refractivity contribution in [1.29, 1.82) is 5.26 Å². The average Bonchev–Trinajstić information content (AvgIpc) is 2.18. The molecule has 0 saturated heterocycles. The normalized spacial score (nSPS) is 9.50. The lowest BCUT2D eigenvalue weighted by molar-refractivity contribution is 0.481. The molecule has 1 N–H and O–H groups in total. The molecule has 1 aromatic rings. The Hall–Kier alpha value is -1.08. The topological polar surface area (TPSA) is 35.8 Å². The average molecular weight is 257 g/mol. The number of nitriles is 1. The monoisotopic (exact) mass is 256 g/mol. The number of alkyl halides is 1. The maximum Gasteiger partial charge on any atom is 0.103 e. The standard InChI is InChI=1S/C10H10BrFN2/c11-9-3-1-4-10(8(9)7-13)14-6-2-5-12/h1,3-4,14H,2,5-6H2. The minimum Gasteiger partial charge on any atom is -0.384 e. The van der Waals surface area contributed by atoms with Crippen LogP contribution in [-0.2, 0) is 0 Å². The van der Waals surface area contributed by atoms with E-state index in [0.29, 0.717) is 18.5 Å². The van der Waals surface area contributed by atoms with Crippen LogP contribution in [0.2, 0.25) is 0 Å². The zero-order valence-electron chi connectivity index (χ0n) is 7.56. The van der Waals surface area contributed by atoms with Gasteiger partial charge in [0.05, 0.1) is 17.9 Å². The first-order chi connectivity index (χ1) is 6.79. The van der Waals surface area contributed by atoms with Crippen molar-refractivity contribution in [1.82, 2.24) is 0 Å². The van der Waals surface area contributed by atoms with Crippen molar-refractivity contribution in [2.45, 2.75) is 6.42 Å². The Morgan fingerprint density at radius 2 is 2.29 bits per heavy atom. The van der Waals surface area contributed by atoms with Crippen LogP contribution in [0.3, 0.4) is 0 Å². The van der Waals surface area contributed by atoms with Crippen LogP contribution in [0.5, 0.6) is 0 Å². The van der Waals surface area contributed by atoms with Crippen LogP contribution in [0, 0.1) is 11.3 Å². The van der Waals surface area contributed by atoms with Gasteiger partial charge in [-0.15, -0.1) is 0 Å². The van der Waals surface area contributed by atoms with Gasteiger partial charge in [0.15, 0.2) is 0 Å². The molecule has 1 aromatic carbocycles. The molecule has 2 nitrogen and oxygen atoms in total. The number of nitrogens with one attached hydrogen (secondary N) is 1. The molecule has 0 bridgehead atoms. The molecule has 0 amide bonds. The van der Waals surface area contributed by atoms with Gasteiger partial charge in [0, 0.05) is 11.0 Å². The molecule has 14 heavy (non-hydrogen) atoms. The highest BCUT2D eigenvalue weighted by molar-refractivity contribution is 9.10. The predicted molar refractivity (Wildman–Crippen MR) is 57.9 cm³/mol. The molecule has 0 heterocycles. The maximum atomic E-state index is 11.8. The van der Waals surface area contributed by atoms with Gasteiger partial charge in [0.1, 0.15) is 6.07 Å². The fourth-order valence-electron chi connectivity index (χ4n) is 1.07. The van der Waals surface area contributed by atoms with Gasteiger partial charge in [0.2, 0.25) is 0 Å². The Labute approximate surface area is 90.9 Å². The summed E-state index contributed by atoms with van der Waals surface area (Å²) < 4.78 is 12.6. The van der Waals surface area contributed by atoms with Crippen molar-refractivity contribution in [2.75, 3.05) is 18.5 Å². The van der Waals surface area contributed by atoms with Crippen LogP contribution in [-0.4, -0.2) is 13.2 Å². The van der Waals surface area contributed by atoms with Gasteiger partial charge < -0.3 is 5.32 Å². The summed E-state index contributed by atoms with van der Waals surface area (Å²) in [5.74, 6) is 0. The summed E-state index contributed by atoms with van der Waals surface area (Å²) in [6.07, 6.45) is 0.456. The van der Waals surface area contributed by atoms with Crippen LogP contribution in [0.4, 0.5) is 10.1 Å². The van der Waals surface area contributed by atoms with E-state index < -0.39 is 0 Å². The summed E-state index contributed by atoms with van der Waals surface area (Å²) in [5.41, 5.74) is 1.31. The second kappa shape index (κ2) is 5.61. The van der Waals surface area contributed by atoms with E-state index in [0.717, 1.165) is 10.2 Å². The van der Waals surface area contributed by atoms with Crippen LogP contribution >= 0.6 is 15.9 Å². The minimum atomic E-state index is -0.344. The van der Waals surface area contributed by atoms with Gasteiger partial charge in [-0.1, -0.05) is 6.07 Å². The number of hydrogen-bond donors (Lipinski definition) is 1. The number of benzene rings is 1. The van der Waals surface area contributed by atoms with Crippen LogP contribution < -0.4 is 5.32 Å². The lowest BCUT2D eigenvalue weighted by Gasteiger charge is -2.07. The summed E-state index contributed by atoms with van der Waals surface area (Å²) in [6, 6.07) is 7.54. The van der Waals surface area contributed by atoms with Crippen molar-refractivity contribution in [3.05, 3.63) is 28.2 Å². The summed E-state index contributed by atoms with van der Waals surface area (Å²) in [4.78, 5) is 0. The van der Waals surface area contributed by atoms with E-state index in [-0.39, 0.29) is 6.67 Å². The molecule has 0 aliphatic rings. The van der Waals surface area contributed by atoms with Gasteiger partial charge in [0.25, 0.3) is 0 Å². The van der Waals surface area contributed by atoms with Crippen molar-refractivity contribution in [3.8, 4) is 6.07 Å². The molecule has 4 heteroatoms. The molecule has 1 rings (SSSR count). The van der Waals surface area contributed by atoms with E-state index in [4.69, 9.17) is 5.26 Å². The van der Waals surface area contributed by atoms with E-state index in [1.807, 2.05) is 12.1 Å². The third kappa shape index (κ3) is 2.71. The van der Waals surface area contributed by atoms with Crippen molar-refractivity contribution >= 4 is 21.6 Å². The molecule has 0 fully saturated rings. The second-order valence-corrected chi connectivity index (χ2v) is 3.60. The molecule has 0 spiro atoms. The van der Waals surface area contributed by atoms with Gasteiger partial charge in [-0.25, -0.2) is 0 Å². The summed E-state index contributed by atoms with van der Waals surface area (Å²) in [5, 5.41) is 11.9. The fourth-order valence-corrected chi connectivity index (χ4v) is 1.53. The quantitative estimate of drug-likeness (QED) is 0.841. The molecule has 74 valence electrons. The Balaban J connectivity index is 2.76. The molecule has 0 aliphatic heterocycles.